The van der Waals surface area contributed by atoms with Gasteiger partial charge in [-0.25, -0.2) is 0 Å². The Kier molecular flexibility index (Phi) is 4.52. The van der Waals surface area contributed by atoms with Gasteiger partial charge in [0.05, 0.1) is 12.6 Å². The fourth-order valence-electron chi connectivity index (χ4n) is 1.60. The molecule has 1 N–H and O–H groups in total. The van der Waals surface area contributed by atoms with E-state index in [1.807, 2.05) is 12.1 Å². The molecular weight excluding hydrogens is 264 g/mol. The van der Waals surface area contributed by atoms with Crippen LogP contribution >= 0.6 is 22.7 Å². The molecule has 2 aromatic rings. The van der Waals surface area contributed by atoms with Gasteiger partial charge >= 0.3 is 0 Å². The number of nitrogens with one attached hydrogen (secondary N) is 1. The molecule has 18 heavy (non-hydrogen) atoms. The lowest BCUT2D eigenvalue weighted by Gasteiger charge is -2.17. The molecule has 2 aromatic heterocycles. The minimum Gasteiger partial charge on any atom is -0.348 e. The first-order valence-electron chi connectivity index (χ1n) is 5.69. The van der Waals surface area contributed by atoms with Crippen molar-refractivity contribution in [2.24, 2.45) is 0 Å². The van der Waals surface area contributed by atoms with E-state index in [1.54, 1.807) is 41.7 Å². The maximum absolute atomic E-state index is 11.7. The average Bonchev–Trinajstić information content (AvgIpc) is 3.01. The van der Waals surface area contributed by atoms with Gasteiger partial charge in [0, 0.05) is 23.8 Å². The van der Waals surface area contributed by atoms with Crippen LogP contribution in [0.15, 0.2) is 35.0 Å². The largest absolute Gasteiger partial charge is 0.348 e. The molecule has 0 atom stereocenters. The van der Waals surface area contributed by atoms with Gasteiger partial charge < -0.3 is 4.90 Å². The lowest BCUT2D eigenvalue weighted by atomic mass is 10.2. The van der Waals surface area contributed by atoms with Gasteiger partial charge in [0.25, 0.3) is 0 Å². The molecule has 2 rings (SSSR count). The number of likely N-dealkylation sites (N-methyl/N-ethyl adjacent to an activating group) is 1. The highest BCUT2D eigenvalue weighted by Crippen LogP contribution is 2.28. The number of hydrogen-bond donors (Lipinski definition) is 1. The van der Waals surface area contributed by atoms with Gasteiger partial charge in [-0.3, -0.25) is 10.1 Å². The number of carbonyl (C=O) groups is 1. The summed E-state index contributed by atoms with van der Waals surface area (Å²) in [6.07, 6.45) is 0. The zero-order valence-corrected chi connectivity index (χ0v) is 12.1. The van der Waals surface area contributed by atoms with E-state index in [0.717, 1.165) is 0 Å². The van der Waals surface area contributed by atoms with E-state index in [2.05, 4.69) is 28.2 Å². The smallest absolute Gasteiger partial charge is 0.236 e. The molecule has 0 aliphatic rings. The third kappa shape index (κ3) is 3.19. The van der Waals surface area contributed by atoms with Crippen molar-refractivity contribution in [3.63, 3.8) is 0 Å². The molecule has 0 saturated carbocycles. The van der Waals surface area contributed by atoms with Crippen molar-refractivity contribution in [2.45, 2.75) is 6.04 Å². The van der Waals surface area contributed by atoms with Crippen LogP contribution in [0.1, 0.15) is 15.8 Å². The Morgan fingerprint density at radius 2 is 1.78 bits per heavy atom. The molecule has 96 valence electrons. The zero-order valence-electron chi connectivity index (χ0n) is 10.4. The standard InChI is InChI=1S/C13H16N2OS2/c1-15(2)12(16)9-14-13(10-5-3-7-17-10)11-6-4-8-18-11/h3-8,13-14H,9H2,1-2H3. The SMILES string of the molecule is CN(C)C(=O)CNC(c1cccs1)c1cccs1. The summed E-state index contributed by atoms with van der Waals surface area (Å²) in [5.41, 5.74) is 0. The molecule has 5 heteroatoms. The van der Waals surface area contributed by atoms with E-state index >= 15 is 0 Å². The number of nitrogens with zero attached hydrogens (tertiary/aromatic N) is 1. The second-order valence-electron chi connectivity index (χ2n) is 4.13. The molecule has 0 aromatic carbocycles. The molecule has 0 unspecified atom stereocenters. The zero-order chi connectivity index (χ0) is 13.0. The number of carbonyl (C=O) groups excluding carboxylic acids is 1. The summed E-state index contributed by atoms with van der Waals surface area (Å²) in [4.78, 5) is 15.7. The molecule has 1 amide bonds. The number of amides is 1. The van der Waals surface area contributed by atoms with Crippen LogP contribution in [0.3, 0.4) is 0 Å². The summed E-state index contributed by atoms with van der Waals surface area (Å²) in [7, 11) is 3.55. The first-order valence-corrected chi connectivity index (χ1v) is 7.44. The van der Waals surface area contributed by atoms with E-state index in [9.17, 15) is 4.79 Å². The summed E-state index contributed by atoms with van der Waals surface area (Å²) < 4.78 is 0. The topological polar surface area (TPSA) is 32.3 Å². The highest BCUT2D eigenvalue weighted by Gasteiger charge is 2.17. The Balaban J connectivity index is 2.10. The molecule has 0 aliphatic carbocycles. The molecule has 3 nitrogen and oxygen atoms in total. The lowest BCUT2D eigenvalue weighted by Crippen LogP contribution is -2.34. The average molecular weight is 280 g/mol. The highest BCUT2D eigenvalue weighted by molar-refractivity contribution is 7.11. The Bertz CT molecular complexity index is 443. The van der Waals surface area contributed by atoms with Gasteiger partial charge in [-0.15, -0.1) is 22.7 Å². The predicted molar refractivity (Wildman–Crippen MR) is 77.2 cm³/mol. The third-order valence-electron chi connectivity index (χ3n) is 2.61. The molecule has 0 radical (unpaired) electrons. The maximum atomic E-state index is 11.7. The van der Waals surface area contributed by atoms with Crippen LogP contribution in [0, 0.1) is 0 Å². The van der Waals surface area contributed by atoms with Crippen LogP contribution in [-0.2, 0) is 4.79 Å². The number of thiophene rings is 2. The van der Waals surface area contributed by atoms with E-state index < -0.39 is 0 Å². The first-order chi connectivity index (χ1) is 8.68. The van der Waals surface area contributed by atoms with Gasteiger partial charge in [-0.2, -0.15) is 0 Å². The van der Waals surface area contributed by atoms with Crippen molar-refractivity contribution in [2.75, 3.05) is 20.6 Å². The van der Waals surface area contributed by atoms with Crippen LogP contribution in [0.2, 0.25) is 0 Å². The minimum atomic E-state index is 0.0908. The Labute approximate surface area is 115 Å². The van der Waals surface area contributed by atoms with E-state index in [4.69, 9.17) is 0 Å². The molecule has 0 fully saturated rings. The van der Waals surface area contributed by atoms with Crippen LogP contribution in [0.4, 0.5) is 0 Å². The quantitative estimate of drug-likeness (QED) is 0.913. The van der Waals surface area contributed by atoms with Crippen molar-refractivity contribution in [3.05, 3.63) is 44.8 Å². The van der Waals surface area contributed by atoms with Crippen LogP contribution in [0.25, 0.3) is 0 Å². The molecule has 2 heterocycles. The summed E-state index contributed by atoms with van der Waals surface area (Å²) in [5.74, 6) is 0.0908. The normalized spacial score (nSPS) is 10.8. The number of hydrogen-bond acceptors (Lipinski definition) is 4. The third-order valence-corrected chi connectivity index (χ3v) is 4.49. The molecule has 0 spiro atoms. The van der Waals surface area contributed by atoms with E-state index in [1.165, 1.54) is 9.75 Å². The molecular formula is C13H16N2OS2. The lowest BCUT2D eigenvalue weighted by molar-refractivity contribution is -0.127. The molecule has 0 bridgehead atoms. The Hall–Kier alpha value is -1.17. The summed E-state index contributed by atoms with van der Waals surface area (Å²) in [6.45, 7) is 0.355. The second-order valence-corrected chi connectivity index (χ2v) is 6.09. The predicted octanol–water partition coefficient (Wildman–Crippen LogP) is 2.58. The van der Waals surface area contributed by atoms with Gasteiger partial charge in [0.1, 0.15) is 0 Å². The van der Waals surface area contributed by atoms with Crippen LogP contribution in [0.5, 0.6) is 0 Å². The van der Waals surface area contributed by atoms with Gasteiger partial charge in [-0.1, -0.05) is 12.1 Å². The second kappa shape index (κ2) is 6.13. The van der Waals surface area contributed by atoms with Gasteiger partial charge in [0.2, 0.25) is 5.91 Å². The van der Waals surface area contributed by atoms with Crippen molar-refractivity contribution in [1.29, 1.82) is 0 Å². The summed E-state index contributed by atoms with van der Waals surface area (Å²) in [5, 5.41) is 7.46. The fourth-order valence-corrected chi connectivity index (χ4v) is 3.31. The van der Waals surface area contributed by atoms with E-state index in [0.29, 0.717) is 6.54 Å². The summed E-state index contributed by atoms with van der Waals surface area (Å²) in [6, 6.07) is 8.39. The molecule has 0 aliphatic heterocycles. The van der Waals surface area contributed by atoms with E-state index in [-0.39, 0.29) is 11.9 Å². The van der Waals surface area contributed by atoms with Crippen molar-refractivity contribution in [1.82, 2.24) is 10.2 Å². The monoisotopic (exact) mass is 280 g/mol. The highest BCUT2D eigenvalue weighted by atomic mass is 32.1. The fraction of sp³-hybridized carbons (Fsp3) is 0.308. The molecule has 0 saturated heterocycles. The van der Waals surface area contributed by atoms with Crippen LogP contribution < -0.4 is 5.32 Å². The van der Waals surface area contributed by atoms with Crippen LogP contribution in [-0.4, -0.2) is 31.4 Å². The van der Waals surface area contributed by atoms with Gasteiger partial charge in [0.15, 0.2) is 0 Å². The van der Waals surface area contributed by atoms with Gasteiger partial charge in [-0.05, 0) is 22.9 Å². The minimum absolute atomic E-state index is 0.0908. The first kappa shape index (κ1) is 13.3. The number of rotatable bonds is 5. The summed E-state index contributed by atoms with van der Waals surface area (Å²) >= 11 is 3.42. The Morgan fingerprint density at radius 3 is 2.17 bits per heavy atom. The maximum Gasteiger partial charge on any atom is 0.236 e. The van der Waals surface area contributed by atoms with Crippen molar-refractivity contribution < 1.29 is 4.79 Å². The Morgan fingerprint density at radius 1 is 1.22 bits per heavy atom. The van der Waals surface area contributed by atoms with Crippen molar-refractivity contribution >= 4 is 28.6 Å². The van der Waals surface area contributed by atoms with Crippen molar-refractivity contribution in [3.8, 4) is 0 Å².